The van der Waals surface area contributed by atoms with Gasteiger partial charge in [0.25, 0.3) is 5.91 Å². The maximum atomic E-state index is 13.3. The minimum Gasteiger partial charge on any atom is -0.490 e. The van der Waals surface area contributed by atoms with E-state index in [1.807, 2.05) is 33.0 Å². The highest BCUT2D eigenvalue weighted by atomic mass is 16.5. The van der Waals surface area contributed by atoms with Crippen LogP contribution in [0.1, 0.15) is 54.3 Å². The van der Waals surface area contributed by atoms with Crippen molar-refractivity contribution in [3.05, 3.63) is 47.5 Å². The molecular weight excluding hydrogens is 516 g/mol. The maximum absolute atomic E-state index is 13.3. The third-order valence-corrected chi connectivity index (χ3v) is 5.55. The van der Waals surface area contributed by atoms with Crippen molar-refractivity contribution in [1.29, 1.82) is 0 Å². The zero-order valence-corrected chi connectivity index (χ0v) is 24.2. The predicted molar refractivity (Wildman–Crippen MR) is 155 cm³/mol. The largest absolute Gasteiger partial charge is 0.490 e. The number of ether oxygens (including phenoxy) is 6. The molecule has 0 fully saturated rings. The van der Waals surface area contributed by atoms with Gasteiger partial charge in [0.15, 0.2) is 5.78 Å². The van der Waals surface area contributed by atoms with Gasteiger partial charge in [-0.25, -0.2) is 0 Å². The van der Waals surface area contributed by atoms with Gasteiger partial charge in [-0.3, -0.25) is 9.59 Å². The first-order chi connectivity index (χ1) is 19.5. The van der Waals surface area contributed by atoms with Crippen LogP contribution in [0.4, 0.5) is 11.4 Å². The number of carbonyl (C=O) groups is 2. The van der Waals surface area contributed by atoms with Crippen molar-refractivity contribution in [2.45, 2.75) is 33.6 Å². The molecule has 0 radical (unpaired) electrons. The fourth-order valence-electron chi connectivity index (χ4n) is 3.52. The summed E-state index contributed by atoms with van der Waals surface area (Å²) < 4.78 is 33.7. The molecule has 0 atom stereocenters. The van der Waals surface area contributed by atoms with Gasteiger partial charge in [-0.15, -0.1) is 0 Å². The van der Waals surface area contributed by atoms with E-state index in [9.17, 15) is 9.59 Å². The number of hydrogen-bond acceptors (Lipinski definition) is 9. The first kappa shape index (κ1) is 33.0. The van der Waals surface area contributed by atoms with Crippen molar-refractivity contribution >= 4 is 23.1 Å². The number of rotatable bonds is 22. The maximum Gasteiger partial charge on any atom is 0.259 e. The molecule has 222 valence electrons. The van der Waals surface area contributed by atoms with Crippen molar-refractivity contribution in [3.63, 3.8) is 0 Å². The summed E-state index contributed by atoms with van der Waals surface area (Å²) in [6.07, 6.45) is 1.90. The summed E-state index contributed by atoms with van der Waals surface area (Å²) >= 11 is 0. The van der Waals surface area contributed by atoms with Gasteiger partial charge in [-0.2, -0.15) is 0 Å². The lowest BCUT2D eigenvalue weighted by molar-refractivity contribution is 0.0360. The normalized spacial score (nSPS) is 10.8. The molecule has 10 nitrogen and oxygen atoms in total. The van der Waals surface area contributed by atoms with E-state index >= 15 is 0 Å². The molecule has 2 N–H and O–H groups in total. The summed E-state index contributed by atoms with van der Waals surface area (Å²) in [7, 11) is 1.82. The summed E-state index contributed by atoms with van der Waals surface area (Å²) in [5, 5.41) is 5.93. The predicted octanol–water partition coefficient (Wildman–Crippen LogP) is 4.83. The number of benzene rings is 2. The van der Waals surface area contributed by atoms with Gasteiger partial charge >= 0.3 is 0 Å². The van der Waals surface area contributed by atoms with Crippen molar-refractivity contribution < 1.29 is 38.0 Å². The molecule has 0 aromatic heterocycles. The van der Waals surface area contributed by atoms with Crippen LogP contribution in [0.15, 0.2) is 36.4 Å². The summed E-state index contributed by atoms with van der Waals surface area (Å²) in [6.45, 7) is 9.82. The average Bonchev–Trinajstić information content (AvgIpc) is 2.96. The van der Waals surface area contributed by atoms with Crippen LogP contribution in [0.2, 0.25) is 0 Å². The fraction of sp³-hybridized carbons (Fsp3) is 0.533. The van der Waals surface area contributed by atoms with Gasteiger partial charge in [0.05, 0.1) is 50.8 Å². The van der Waals surface area contributed by atoms with E-state index in [4.69, 9.17) is 28.4 Å². The van der Waals surface area contributed by atoms with Crippen LogP contribution in [0.25, 0.3) is 0 Å². The third kappa shape index (κ3) is 12.3. The van der Waals surface area contributed by atoms with Crippen LogP contribution >= 0.6 is 0 Å². The molecule has 2 aromatic carbocycles. The summed E-state index contributed by atoms with van der Waals surface area (Å²) in [6, 6.07) is 10.4. The molecule has 0 saturated carbocycles. The van der Waals surface area contributed by atoms with Gasteiger partial charge in [0, 0.05) is 31.6 Å². The second kappa shape index (κ2) is 19.8. The zero-order valence-electron chi connectivity index (χ0n) is 24.2. The van der Waals surface area contributed by atoms with E-state index in [0.29, 0.717) is 64.1 Å². The minimum absolute atomic E-state index is 0.191. The summed E-state index contributed by atoms with van der Waals surface area (Å²) in [4.78, 5) is 25.8. The average molecular weight is 561 g/mol. The van der Waals surface area contributed by atoms with Gasteiger partial charge in [0.2, 0.25) is 0 Å². The molecule has 40 heavy (non-hydrogen) atoms. The number of nitrogens with one attached hydrogen (secondary N) is 2. The summed E-state index contributed by atoms with van der Waals surface area (Å²) in [5.74, 6) is -0.0687. The smallest absolute Gasteiger partial charge is 0.259 e. The molecule has 2 rings (SSSR count). The molecule has 0 unspecified atom stereocenters. The van der Waals surface area contributed by atoms with Crippen LogP contribution in [0.3, 0.4) is 0 Å². The molecule has 1 amide bonds. The quantitative estimate of drug-likeness (QED) is 0.154. The van der Waals surface area contributed by atoms with Crippen LogP contribution in [-0.2, 0) is 18.9 Å². The molecule has 10 heteroatoms. The number of Topliss-reactive ketones (excluding diaryl/α,β-unsaturated/α-hetero) is 1. The van der Waals surface area contributed by atoms with Crippen LogP contribution < -0.4 is 20.1 Å². The highest BCUT2D eigenvalue weighted by Crippen LogP contribution is 2.31. The van der Waals surface area contributed by atoms with E-state index in [0.717, 1.165) is 18.5 Å². The summed E-state index contributed by atoms with van der Waals surface area (Å²) in [5.41, 5.74) is 2.08. The Labute approximate surface area is 237 Å². The second-order valence-corrected chi connectivity index (χ2v) is 8.83. The van der Waals surface area contributed by atoms with Crippen LogP contribution in [0, 0.1) is 0 Å². The van der Waals surface area contributed by atoms with Gasteiger partial charge in [-0.1, -0.05) is 13.8 Å². The van der Waals surface area contributed by atoms with Crippen molar-refractivity contribution in [1.82, 2.24) is 0 Å². The number of carbonyl (C=O) groups excluding carboxylic acids is 2. The Bertz CT molecular complexity index is 1010. The SMILES string of the molecule is CCCOCCOCCOc1cc(C(=O)Nc2ccc(NC)cc2)c(OCCOCCOCCC)cc1C(C)=O. The first-order valence-electron chi connectivity index (χ1n) is 13.8. The van der Waals surface area contributed by atoms with E-state index in [1.165, 1.54) is 13.0 Å². The van der Waals surface area contributed by atoms with E-state index in [2.05, 4.69) is 10.6 Å². The molecular formula is C30H44N2O8. The van der Waals surface area contributed by atoms with E-state index < -0.39 is 5.91 Å². The first-order valence-corrected chi connectivity index (χ1v) is 13.8. The Balaban J connectivity index is 2.12. The number of ketones is 1. The van der Waals surface area contributed by atoms with Gasteiger partial charge in [0.1, 0.15) is 24.7 Å². The van der Waals surface area contributed by atoms with Crippen LogP contribution in [-0.4, -0.2) is 84.8 Å². The van der Waals surface area contributed by atoms with Gasteiger partial charge in [-0.05, 0) is 56.2 Å². The standard InChI is InChI=1S/C30H44N2O8/c1-5-11-35-13-15-37-17-19-39-28-22-27(30(34)32-25-9-7-24(31-4)8-10-25)29(21-26(28)23(3)33)40-20-18-38-16-14-36-12-6-2/h7-10,21-22,31H,5-6,11-20H2,1-4H3,(H,32,34). The van der Waals surface area contributed by atoms with Crippen molar-refractivity contribution in [3.8, 4) is 11.5 Å². The van der Waals surface area contributed by atoms with Crippen molar-refractivity contribution in [2.24, 2.45) is 0 Å². The van der Waals surface area contributed by atoms with E-state index in [1.54, 1.807) is 18.2 Å². The molecule has 0 aliphatic heterocycles. The number of hydrogen-bond donors (Lipinski definition) is 2. The zero-order chi connectivity index (χ0) is 29.0. The Morgan fingerprint density at radius 1 is 0.625 bits per heavy atom. The molecule has 0 bridgehead atoms. The molecule has 0 saturated heterocycles. The monoisotopic (exact) mass is 560 g/mol. The third-order valence-electron chi connectivity index (χ3n) is 5.55. The molecule has 0 aliphatic carbocycles. The second-order valence-electron chi connectivity index (χ2n) is 8.83. The lowest BCUT2D eigenvalue weighted by Crippen LogP contribution is -2.18. The topological polar surface area (TPSA) is 114 Å². The Morgan fingerprint density at radius 3 is 1.52 bits per heavy atom. The molecule has 0 spiro atoms. The van der Waals surface area contributed by atoms with Crippen LogP contribution in [0.5, 0.6) is 11.5 Å². The van der Waals surface area contributed by atoms with Crippen molar-refractivity contribution in [2.75, 3.05) is 83.8 Å². The fourth-order valence-corrected chi connectivity index (χ4v) is 3.52. The Morgan fingerprint density at radius 2 is 1.05 bits per heavy atom. The number of amides is 1. The molecule has 0 heterocycles. The van der Waals surface area contributed by atoms with E-state index in [-0.39, 0.29) is 36.1 Å². The lowest BCUT2D eigenvalue weighted by atomic mass is 10.0. The highest BCUT2D eigenvalue weighted by Gasteiger charge is 2.20. The highest BCUT2D eigenvalue weighted by molar-refractivity contribution is 6.08. The molecule has 0 aliphatic rings. The minimum atomic E-state index is -0.398. The number of anilines is 2. The Kier molecular flexibility index (Phi) is 16.4. The van der Waals surface area contributed by atoms with Gasteiger partial charge < -0.3 is 39.1 Å². The Hall–Kier alpha value is -3.18. The lowest BCUT2D eigenvalue weighted by Gasteiger charge is -2.17. The molecule has 2 aromatic rings.